The first-order valence-electron chi connectivity index (χ1n) is 10.4. The maximum absolute atomic E-state index is 13.9. The van der Waals surface area contributed by atoms with Crippen molar-refractivity contribution in [3.05, 3.63) is 61.1 Å². The van der Waals surface area contributed by atoms with Crippen LogP contribution in [0.15, 0.2) is 55.2 Å². The number of nitrogens with zero attached hydrogens (tertiary/aromatic N) is 5. The molecule has 2 aliphatic rings. The van der Waals surface area contributed by atoms with Crippen LogP contribution in [0, 0.1) is 11.7 Å². The highest BCUT2D eigenvalue weighted by Gasteiger charge is 2.47. The molecular weight excluding hydrogens is 470 g/mol. The molecule has 0 radical (unpaired) electrons. The normalized spacial score (nSPS) is 21.8. The number of anilines is 2. The Morgan fingerprint density at radius 2 is 1.85 bits per heavy atom. The zero-order valence-electron chi connectivity index (χ0n) is 17.8. The first kappa shape index (κ1) is 24.7. The van der Waals surface area contributed by atoms with Gasteiger partial charge in [0.2, 0.25) is 0 Å². The third-order valence-electron chi connectivity index (χ3n) is 6.11. The summed E-state index contributed by atoms with van der Waals surface area (Å²) in [6.45, 7) is 1.31. The molecule has 0 bridgehead atoms. The van der Waals surface area contributed by atoms with Crippen molar-refractivity contribution >= 4 is 42.4 Å². The molecule has 1 aliphatic heterocycles. The number of nitrogens with one attached hydrogen (secondary N) is 1. The second-order valence-corrected chi connectivity index (χ2v) is 8.16. The van der Waals surface area contributed by atoms with Crippen molar-refractivity contribution in [3.8, 4) is 5.69 Å². The average Bonchev–Trinajstić information content (AvgIpc) is 3.39. The summed E-state index contributed by atoms with van der Waals surface area (Å²) >= 11 is 0. The Bertz CT molecular complexity index is 1080. The van der Waals surface area contributed by atoms with E-state index in [4.69, 9.17) is 4.74 Å². The molecule has 3 heterocycles. The van der Waals surface area contributed by atoms with Gasteiger partial charge in [-0.2, -0.15) is 5.10 Å². The molecule has 1 saturated carbocycles. The Kier molecular flexibility index (Phi) is 7.76. The van der Waals surface area contributed by atoms with Gasteiger partial charge in [0, 0.05) is 18.8 Å². The van der Waals surface area contributed by atoms with Crippen molar-refractivity contribution in [2.75, 3.05) is 23.3 Å². The van der Waals surface area contributed by atoms with Crippen molar-refractivity contribution < 1.29 is 13.9 Å². The van der Waals surface area contributed by atoms with E-state index in [1.54, 1.807) is 41.7 Å². The molecule has 33 heavy (non-hydrogen) atoms. The number of benzene rings is 1. The Hall–Kier alpha value is -2.91. The number of amides is 1. The summed E-state index contributed by atoms with van der Waals surface area (Å²) < 4.78 is 21.3. The standard InChI is InChI=1S/C22H23FN6O2.2ClH/c23-18-3-1-2-4-19(18)29-10-7-20(27-29)26-11-16-5-8-22(9-6-16)14-28(21(30)31-22)17-12-24-15-25-13-17;;/h1-4,7,10,12-13,15-16H,5-6,8-9,11,14H2,(H,26,27);2*1H/t16-,22-;;. The summed E-state index contributed by atoms with van der Waals surface area (Å²) in [6, 6.07) is 8.40. The van der Waals surface area contributed by atoms with Gasteiger partial charge >= 0.3 is 6.09 Å². The van der Waals surface area contributed by atoms with Crippen LogP contribution < -0.4 is 10.2 Å². The molecule has 1 amide bonds. The molecular formula is C22H25Cl2FN6O2. The van der Waals surface area contributed by atoms with E-state index in [0.29, 0.717) is 29.7 Å². The predicted molar refractivity (Wildman–Crippen MR) is 127 cm³/mol. The Morgan fingerprint density at radius 1 is 1.12 bits per heavy atom. The lowest BCUT2D eigenvalue weighted by molar-refractivity contribution is 0.0148. The van der Waals surface area contributed by atoms with Crippen molar-refractivity contribution in [2.45, 2.75) is 31.3 Å². The van der Waals surface area contributed by atoms with Crippen LogP contribution in [0.3, 0.4) is 0 Å². The number of halogens is 3. The van der Waals surface area contributed by atoms with Crippen LogP contribution in [-0.4, -0.2) is 44.5 Å². The van der Waals surface area contributed by atoms with Crippen LogP contribution in [0.2, 0.25) is 0 Å². The van der Waals surface area contributed by atoms with Gasteiger partial charge in [0.15, 0.2) is 0 Å². The summed E-state index contributed by atoms with van der Waals surface area (Å²) in [7, 11) is 0. The number of carbonyl (C=O) groups excluding carboxylic acids is 1. The minimum absolute atomic E-state index is 0. The molecule has 1 N–H and O–H groups in total. The molecule has 3 aromatic rings. The lowest BCUT2D eigenvalue weighted by Crippen LogP contribution is -2.39. The van der Waals surface area contributed by atoms with E-state index in [1.807, 2.05) is 6.07 Å². The maximum atomic E-state index is 13.9. The molecule has 1 aliphatic carbocycles. The van der Waals surface area contributed by atoms with Crippen LogP contribution in [0.25, 0.3) is 5.69 Å². The minimum Gasteiger partial charge on any atom is -0.441 e. The monoisotopic (exact) mass is 494 g/mol. The highest BCUT2D eigenvalue weighted by Crippen LogP contribution is 2.40. The zero-order valence-corrected chi connectivity index (χ0v) is 19.4. The Balaban J connectivity index is 0.00000153. The molecule has 176 valence electrons. The Labute approximate surface area is 203 Å². The topological polar surface area (TPSA) is 85.2 Å². The van der Waals surface area contributed by atoms with E-state index >= 15 is 0 Å². The largest absolute Gasteiger partial charge is 0.441 e. The van der Waals surface area contributed by atoms with Crippen molar-refractivity contribution in [3.63, 3.8) is 0 Å². The van der Waals surface area contributed by atoms with Gasteiger partial charge in [-0.3, -0.25) is 4.90 Å². The van der Waals surface area contributed by atoms with Crippen molar-refractivity contribution in [1.29, 1.82) is 0 Å². The number of hydrogen-bond donors (Lipinski definition) is 1. The molecule has 0 unspecified atom stereocenters. The van der Waals surface area contributed by atoms with E-state index in [1.165, 1.54) is 17.1 Å². The number of hydrogen-bond acceptors (Lipinski definition) is 6. The van der Waals surface area contributed by atoms with Gasteiger partial charge < -0.3 is 10.1 Å². The van der Waals surface area contributed by atoms with Gasteiger partial charge in [-0.15, -0.1) is 24.8 Å². The van der Waals surface area contributed by atoms with Crippen LogP contribution in [-0.2, 0) is 4.74 Å². The maximum Gasteiger partial charge on any atom is 0.415 e. The quantitative estimate of drug-likeness (QED) is 0.555. The third-order valence-corrected chi connectivity index (χ3v) is 6.11. The lowest BCUT2D eigenvalue weighted by Gasteiger charge is -2.35. The van der Waals surface area contributed by atoms with Crippen LogP contribution in [0.4, 0.5) is 20.7 Å². The molecule has 1 saturated heterocycles. The number of rotatable bonds is 5. The number of aromatic nitrogens is 4. The fraction of sp³-hybridized carbons (Fsp3) is 0.364. The van der Waals surface area contributed by atoms with Gasteiger partial charge in [0.25, 0.3) is 0 Å². The SMILES string of the molecule is Cl.Cl.O=C1O[C@]2(CC[C@H](CNc3ccn(-c4ccccc4F)n3)CC2)CN1c1cncnc1. The fourth-order valence-electron chi connectivity index (χ4n) is 4.36. The summed E-state index contributed by atoms with van der Waals surface area (Å²) in [5, 5.41) is 7.79. The highest BCUT2D eigenvalue weighted by atomic mass is 35.5. The van der Waals surface area contributed by atoms with Crippen LogP contribution in [0.1, 0.15) is 25.7 Å². The van der Waals surface area contributed by atoms with Gasteiger partial charge in [0.1, 0.15) is 29.3 Å². The summed E-state index contributed by atoms with van der Waals surface area (Å²) in [6.07, 6.45) is 9.66. The van der Waals surface area contributed by atoms with Crippen molar-refractivity contribution in [1.82, 2.24) is 19.7 Å². The highest BCUT2D eigenvalue weighted by molar-refractivity contribution is 5.89. The molecule has 0 atom stereocenters. The van der Waals surface area contributed by atoms with E-state index in [9.17, 15) is 9.18 Å². The number of carbonyl (C=O) groups is 1. The van der Waals surface area contributed by atoms with Crippen molar-refractivity contribution in [2.24, 2.45) is 5.92 Å². The predicted octanol–water partition coefficient (Wildman–Crippen LogP) is 4.64. The molecule has 2 fully saturated rings. The smallest absolute Gasteiger partial charge is 0.415 e. The van der Waals surface area contributed by atoms with Gasteiger partial charge in [0.05, 0.1) is 24.6 Å². The van der Waals surface area contributed by atoms with Gasteiger partial charge in [-0.05, 0) is 43.7 Å². The Morgan fingerprint density at radius 3 is 2.58 bits per heavy atom. The lowest BCUT2D eigenvalue weighted by atomic mass is 9.78. The molecule has 5 rings (SSSR count). The number of para-hydroxylation sites is 1. The first-order valence-corrected chi connectivity index (χ1v) is 10.4. The molecule has 2 aromatic heterocycles. The summed E-state index contributed by atoms with van der Waals surface area (Å²) in [4.78, 5) is 22.0. The fourth-order valence-corrected chi connectivity index (χ4v) is 4.36. The number of ether oxygens (including phenoxy) is 1. The van der Waals surface area contributed by atoms with E-state index in [2.05, 4.69) is 20.4 Å². The molecule has 11 heteroatoms. The summed E-state index contributed by atoms with van der Waals surface area (Å²) in [5.41, 5.74) is 0.653. The van der Waals surface area contributed by atoms with Crippen LogP contribution in [0.5, 0.6) is 0 Å². The summed E-state index contributed by atoms with van der Waals surface area (Å²) in [5.74, 6) is 0.861. The van der Waals surface area contributed by atoms with Gasteiger partial charge in [-0.25, -0.2) is 23.8 Å². The van der Waals surface area contributed by atoms with E-state index in [-0.39, 0.29) is 36.7 Å². The molecule has 8 nitrogen and oxygen atoms in total. The van der Waals surface area contributed by atoms with Gasteiger partial charge in [-0.1, -0.05) is 12.1 Å². The molecule has 1 spiro atoms. The second kappa shape index (κ2) is 10.4. The third kappa shape index (κ3) is 5.20. The van der Waals surface area contributed by atoms with Crippen LogP contribution >= 0.6 is 24.8 Å². The molecule has 1 aromatic carbocycles. The average molecular weight is 495 g/mol. The first-order chi connectivity index (χ1) is 15.1. The second-order valence-electron chi connectivity index (χ2n) is 8.16. The minimum atomic E-state index is -0.435. The van der Waals surface area contributed by atoms with E-state index in [0.717, 1.165) is 32.2 Å². The zero-order chi connectivity index (χ0) is 21.3. The van der Waals surface area contributed by atoms with E-state index < -0.39 is 5.60 Å².